The minimum absolute atomic E-state index is 0.0837. The molecule has 1 saturated heterocycles. The van der Waals surface area contributed by atoms with E-state index in [4.69, 9.17) is 5.11 Å². The van der Waals surface area contributed by atoms with Gasteiger partial charge in [-0.05, 0) is 19.0 Å². The number of amides is 1. The zero-order chi connectivity index (χ0) is 15.7. The molecule has 0 saturated carbocycles. The highest BCUT2D eigenvalue weighted by Gasteiger charge is 2.61. The topological polar surface area (TPSA) is 91.3 Å². The van der Waals surface area contributed by atoms with Gasteiger partial charge in [0, 0.05) is 12.7 Å². The Kier molecular flexibility index (Phi) is 3.86. The second-order valence-corrected chi connectivity index (χ2v) is 4.73. The van der Waals surface area contributed by atoms with Gasteiger partial charge in [-0.3, -0.25) is 9.78 Å². The van der Waals surface area contributed by atoms with Crippen molar-refractivity contribution in [3.05, 3.63) is 24.0 Å². The first-order valence-corrected chi connectivity index (χ1v) is 6.03. The number of nitrogens with one attached hydrogen (secondary N) is 2. The largest absolute Gasteiger partial charge is 0.478 e. The Hall–Kier alpha value is -2.16. The summed E-state index contributed by atoms with van der Waals surface area (Å²) in [6, 6.07) is 1.06. The summed E-state index contributed by atoms with van der Waals surface area (Å²) in [5, 5.41) is 13.4. The summed E-state index contributed by atoms with van der Waals surface area (Å²) in [5.41, 5.74) is -2.82. The summed E-state index contributed by atoms with van der Waals surface area (Å²) in [4.78, 5) is 26.4. The van der Waals surface area contributed by atoms with E-state index in [2.05, 4.69) is 15.6 Å². The Morgan fingerprint density at radius 3 is 2.62 bits per heavy atom. The first-order valence-electron chi connectivity index (χ1n) is 6.03. The minimum Gasteiger partial charge on any atom is -0.478 e. The smallest absolute Gasteiger partial charge is 0.404 e. The van der Waals surface area contributed by atoms with Gasteiger partial charge in [0.05, 0.1) is 17.4 Å². The summed E-state index contributed by atoms with van der Waals surface area (Å²) in [6.45, 7) is -0.422. The fraction of sp³-hybridized carbons (Fsp3) is 0.417. The molecule has 0 aliphatic carbocycles. The Morgan fingerprint density at radius 1 is 1.38 bits per heavy atom. The van der Waals surface area contributed by atoms with Crippen LogP contribution in [0.4, 0.5) is 18.9 Å². The standard InChI is InChI=1S/C12H12F3N3O3/c13-12(14,15)11(1-2-16-6-11)10(21)18-8-3-7(9(19)20)4-17-5-8/h3-5,16H,1-2,6H2,(H,18,21)(H,19,20). The predicted molar refractivity (Wildman–Crippen MR) is 65.8 cm³/mol. The van der Waals surface area contributed by atoms with Crippen molar-refractivity contribution in [3.63, 3.8) is 0 Å². The number of aromatic nitrogens is 1. The molecule has 3 N–H and O–H groups in total. The van der Waals surface area contributed by atoms with Crippen molar-refractivity contribution in [2.45, 2.75) is 12.6 Å². The van der Waals surface area contributed by atoms with Gasteiger partial charge in [-0.2, -0.15) is 13.2 Å². The molecule has 1 unspecified atom stereocenters. The Morgan fingerprint density at radius 2 is 2.10 bits per heavy atom. The quantitative estimate of drug-likeness (QED) is 0.782. The summed E-state index contributed by atoms with van der Waals surface area (Å²) >= 11 is 0. The maximum atomic E-state index is 13.2. The van der Waals surface area contributed by atoms with Crippen LogP contribution in [0.3, 0.4) is 0 Å². The average molecular weight is 303 g/mol. The van der Waals surface area contributed by atoms with Crippen molar-refractivity contribution in [1.82, 2.24) is 10.3 Å². The van der Waals surface area contributed by atoms with Crippen molar-refractivity contribution < 1.29 is 27.9 Å². The molecule has 1 aromatic rings. The molecule has 9 heteroatoms. The van der Waals surface area contributed by atoms with Gasteiger partial charge in [0.1, 0.15) is 0 Å². The Balaban J connectivity index is 2.24. The highest BCUT2D eigenvalue weighted by molar-refractivity contribution is 5.97. The monoisotopic (exact) mass is 303 g/mol. The first-order chi connectivity index (χ1) is 9.76. The lowest BCUT2D eigenvalue weighted by Gasteiger charge is -2.29. The number of alkyl halides is 3. The average Bonchev–Trinajstić information content (AvgIpc) is 2.89. The van der Waals surface area contributed by atoms with E-state index in [1.54, 1.807) is 0 Å². The summed E-state index contributed by atoms with van der Waals surface area (Å²) in [7, 11) is 0. The Bertz CT molecular complexity index is 568. The molecular formula is C12H12F3N3O3. The summed E-state index contributed by atoms with van der Waals surface area (Å²) in [6.07, 6.45) is -2.93. The van der Waals surface area contributed by atoms with Crippen LogP contribution in [0.25, 0.3) is 0 Å². The van der Waals surface area contributed by atoms with Gasteiger partial charge in [-0.1, -0.05) is 0 Å². The van der Waals surface area contributed by atoms with Crippen LogP contribution in [0.5, 0.6) is 0 Å². The molecule has 2 rings (SSSR count). The molecule has 1 amide bonds. The van der Waals surface area contributed by atoms with Gasteiger partial charge in [0.2, 0.25) is 5.91 Å². The number of nitrogens with zero attached hydrogens (tertiary/aromatic N) is 1. The number of pyridine rings is 1. The third-order valence-electron chi connectivity index (χ3n) is 3.38. The number of anilines is 1. The van der Waals surface area contributed by atoms with Gasteiger partial charge >= 0.3 is 12.1 Å². The van der Waals surface area contributed by atoms with Crippen LogP contribution >= 0.6 is 0 Å². The minimum atomic E-state index is -4.70. The molecule has 2 heterocycles. The van der Waals surface area contributed by atoms with E-state index in [1.165, 1.54) is 0 Å². The fourth-order valence-corrected chi connectivity index (χ4v) is 2.13. The number of rotatable bonds is 3. The van der Waals surface area contributed by atoms with Crippen molar-refractivity contribution in [1.29, 1.82) is 0 Å². The lowest BCUT2D eigenvalue weighted by molar-refractivity contribution is -0.213. The molecule has 114 valence electrons. The highest BCUT2D eigenvalue weighted by atomic mass is 19.4. The number of carboxylic acid groups (broad SMARTS) is 1. The van der Waals surface area contributed by atoms with Gasteiger partial charge < -0.3 is 15.7 Å². The molecule has 0 aromatic carbocycles. The number of aromatic carboxylic acids is 1. The molecular weight excluding hydrogens is 291 g/mol. The lowest BCUT2D eigenvalue weighted by atomic mass is 9.85. The molecule has 1 fully saturated rings. The summed E-state index contributed by atoms with van der Waals surface area (Å²) in [5.74, 6) is -2.50. The fourth-order valence-electron chi connectivity index (χ4n) is 2.13. The van der Waals surface area contributed by atoms with E-state index in [-0.39, 0.29) is 24.2 Å². The number of carboxylic acids is 1. The molecule has 1 aromatic heterocycles. The molecule has 0 radical (unpaired) electrons. The lowest BCUT2D eigenvalue weighted by Crippen LogP contribution is -2.49. The van der Waals surface area contributed by atoms with E-state index < -0.39 is 30.0 Å². The molecule has 6 nitrogen and oxygen atoms in total. The van der Waals surface area contributed by atoms with E-state index in [0.29, 0.717) is 0 Å². The van der Waals surface area contributed by atoms with Crippen LogP contribution in [0.15, 0.2) is 18.5 Å². The van der Waals surface area contributed by atoms with Crippen molar-refractivity contribution in [2.24, 2.45) is 5.41 Å². The molecule has 0 spiro atoms. The van der Waals surface area contributed by atoms with E-state index in [1.807, 2.05) is 0 Å². The van der Waals surface area contributed by atoms with Crippen LogP contribution in [-0.4, -0.2) is 41.2 Å². The first kappa shape index (κ1) is 15.2. The van der Waals surface area contributed by atoms with Gasteiger partial charge in [0.25, 0.3) is 0 Å². The van der Waals surface area contributed by atoms with Crippen LogP contribution in [0.1, 0.15) is 16.8 Å². The number of hydrogen-bond donors (Lipinski definition) is 3. The Labute approximate surface area is 117 Å². The second-order valence-electron chi connectivity index (χ2n) is 4.73. The van der Waals surface area contributed by atoms with E-state index in [0.717, 1.165) is 18.5 Å². The van der Waals surface area contributed by atoms with E-state index >= 15 is 0 Å². The third kappa shape index (κ3) is 2.82. The molecule has 21 heavy (non-hydrogen) atoms. The zero-order valence-corrected chi connectivity index (χ0v) is 10.7. The SMILES string of the molecule is O=C(O)c1cncc(NC(=O)C2(C(F)(F)F)CCNC2)c1. The number of carbonyl (C=O) groups excluding carboxylic acids is 1. The zero-order valence-electron chi connectivity index (χ0n) is 10.7. The van der Waals surface area contributed by atoms with Gasteiger partial charge in [0.15, 0.2) is 5.41 Å². The normalized spacial score (nSPS) is 22.0. The van der Waals surface area contributed by atoms with Crippen molar-refractivity contribution in [3.8, 4) is 0 Å². The predicted octanol–water partition coefficient (Wildman–Crippen LogP) is 1.26. The maximum absolute atomic E-state index is 13.2. The number of hydrogen-bond acceptors (Lipinski definition) is 4. The van der Waals surface area contributed by atoms with Gasteiger partial charge in [-0.25, -0.2) is 4.79 Å². The van der Waals surface area contributed by atoms with Crippen molar-refractivity contribution >= 4 is 17.6 Å². The number of halogens is 3. The highest BCUT2D eigenvalue weighted by Crippen LogP contribution is 2.43. The van der Waals surface area contributed by atoms with Crippen LogP contribution in [0, 0.1) is 5.41 Å². The van der Waals surface area contributed by atoms with Gasteiger partial charge in [-0.15, -0.1) is 0 Å². The molecule has 1 atom stereocenters. The molecule has 1 aliphatic rings. The van der Waals surface area contributed by atoms with Crippen molar-refractivity contribution in [2.75, 3.05) is 18.4 Å². The number of carbonyl (C=O) groups is 2. The van der Waals surface area contributed by atoms with Crippen LogP contribution in [0.2, 0.25) is 0 Å². The third-order valence-corrected chi connectivity index (χ3v) is 3.38. The molecule has 1 aliphatic heterocycles. The van der Waals surface area contributed by atoms with Crippen LogP contribution < -0.4 is 10.6 Å². The maximum Gasteiger partial charge on any atom is 0.404 e. The second kappa shape index (κ2) is 5.32. The summed E-state index contributed by atoms with van der Waals surface area (Å²) < 4.78 is 39.5. The van der Waals surface area contributed by atoms with Crippen LogP contribution in [-0.2, 0) is 4.79 Å². The molecule has 0 bridgehead atoms. The van der Waals surface area contributed by atoms with E-state index in [9.17, 15) is 22.8 Å².